The summed E-state index contributed by atoms with van der Waals surface area (Å²) in [4.78, 5) is 15.2. The number of hydrogen-bond donors (Lipinski definition) is 1. The third-order valence-electron chi connectivity index (χ3n) is 8.43. The van der Waals surface area contributed by atoms with Crippen molar-refractivity contribution in [1.29, 1.82) is 0 Å². The number of nitrogens with zero attached hydrogens (tertiary/aromatic N) is 3. The van der Waals surface area contributed by atoms with E-state index in [-0.39, 0.29) is 5.91 Å². The van der Waals surface area contributed by atoms with Gasteiger partial charge in [-0.1, -0.05) is 37.5 Å². The second-order valence-electron chi connectivity index (χ2n) is 10.6. The minimum atomic E-state index is -0.0644. The molecule has 1 N–H and O–H groups in total. The van der Waals surface area contributed by atoms with Gasteiger partial charge in [-0.3, -0.25) is 9.69 Å². The average Bonchev–Trinajstić information content (AvgIpc) is 3.25. The van der Waals surface area contributed by atoms with Gasteiger partial charge in [0, 0.05) is 29.7 Å². The molecule has 1 aromatic heterocycles. The predicted molar refractivity (Wildman–Crippen MR) is 144 cm³/mol. The molecule has 36 heavy (non-hydrogen) atoms. The van der Waals surface area contributed by atoms with E-state index in [0.29, 0.717) is 12.6 Å². The number of carbonyl (C=O) groups excluding carboxylic acids is 1. The number of ether oxygens (including phenoxy) is 1. The van der Waals surface area contributed by atoms with E-state index in [1.165, 1.54) is 66.2 Å². The van der Waals surface area contributed by atoms with Crippen molar-refractivity contribution in [2.75, 3.05) is 20.2 Å². The first-order valence-corrected chi connectivity index (χ1v) is 13.6. The molecule has 0 unspecified atom stereocenters. The summed E-state index contributed by atoms with van der Waals surface area (Å²) in [5, 5.41) is 5.65. The van der Waals surface area contributed by atoms with Crippen molar-refractivity contribution in [1.82, 2.24) is 14.9 Å². The largest absolute Gasteiger partial charge is 0.497 e. The average molecular weight is 485 g/mol. The predicted octanol–water partition coefficient (Wildman–Crippen LogP) is 5.54. The first kappa shape index (κ1) is 23.3. The molecule has 1 aliphatic heterocycles. The van der Waals surface area contributed by atoms with Gasteiger partial charge in [-0.2, -0.15) is 5.10 Å². The monoisotopic (exact) mass is 484 g/mol. The summed E-state index contributed by atoms with van der Waals surface area (Å²) < 4.78 is 7.80. The molecule has 1 saturated carbocycles. The van der Waals surface area contributed by atoms with Gasteiger partial charge in [0.05, 0.1) is 25.9 Å². The van der Waals surface area contributed by atoms with Gasteiger partial charge in [-0.25, -0.2) is 5.43 Å². The minimum Gasteiger partial charge on any atom is -0.497 e. The maximum absolute atomic E-state index is 12.8. The summed E-state index contributed by atoms with van der Waals surface area (Å²) in [6.45, 7) is 2.19. The molecule has 2 aliphatic carbocycles. The van der Waals surface area contributed by atoms with Crippen LogP contribution in [-0.4, -0.2) is 41.8 Å². The molecule has 188 valence electrons. The van der Waals surface area contributed by atoms with Crippen LogP contribution in [0.5, 0.6) is 5.75 Å². The Morgan fingerprint density at radius 2 is 1.97 bits per heavy atom. The number of rotatable bonds is 6. The van der Waals surface area contributed by atoms with Gasteiger partial charge >= 0.3 is 0 Å². The standard InChI is InChI=1S/C30H36N4O2/c1-36-24-10-5-7-21(17-24)19-31-32-29(35)20-33-15-16-34-27-14-13-23(22-8-3-2-4-9-22)18-26(27)25-11-6-12-28(33)30(25)34/h5,7,10,13-14,17-19,22,28H,2-4,6,8-9,11-12,15-16,20H2,1H3,(H,32,35)/b31-19-/t28-/m1/s1. The molecule has 6 rings (SSSR count). The Morgan fingerprint density at radius 3 is 2.83 bits per heavy atom. The smallest absolute Gasteiger partial charge is 0.254 e. The lowest BCUT2D eigenvalue weighted by molar-refractivity contribution is -0.123. The van der Waals surface area contributed by atoms with Crippen LogP contribution in [0, 0.1) is 0 Å². The Labute approximate surface area is 213 Å². The molecule has 2 heterocycles. The molecular formula is C30H36N4O2. The summed E-state index contributed by atoms with van der Waals surface area (Å²) in [6.07, 6.45) is 11.9. The first-order valence-electron chi connectivity index (χ1n) is 13.6. The molecule has 0 radical (unpaired) electrons. The zero-order valence-corrected chi connectivity index (χ0v) is 21.2. The molecule has 3 aromatic rings. The summed E-state index contributed by atoms with van der Waals surface area (Å²) in [7, 11) is 1.64. The number of fused-ring (bicyclic) bond motifs is 3. The lowest BCUT2D eigenvalue weighted by Gasteiger charge is -2.39. The van der Waals surface area contributed by atoms with E-state index < -0.39 is 0 Å². The van der Waals surface area contributed by atoms with Gasteiger partial charge < -0.3 is 9.30 Å². The van der Waals surface area contributed by atoms with Crippen LogP contribution in [0.15, 0.2) is 47.6 Å². The molecule has 6 heteroatoms. The van der Waals surface area contributed by atoms with Gasteiger partial charge in [0.15, 0.2) is 0 Å². The van der Waals surface area contributed by atoms with Crippen molar-refractivity contribution >= 4 is 23.0 Å². The third kappa shape index (κ3) is 4.43. The Balaban J connectivity index is 1.19. The number of carbonyl (C=O) groups is 1. The number of benzene rings is 2. The molecule has 3 aliphatic rings. The van der Waals surface area contributed by atoms with Crippen molar-refractivity contribution in [3.8, 4) is 5.75 Å². The number of aromatic nitrogens is 1. The van der Waals surface area contributed by atoms with Gasteiger partial charge in [0.1, 0.15) is 5.75 Å². The second-order valence-corrected chi connectivity index (χ2v) is 10.6. The zero-order valence-electron chi connectivity index (χ0n) is 21.2. The summed E-state index contributed by atoms with van der Waals surface area (Å²) in [5.74, 6) is 1.43. The van der Waals surface area contributed by atoms with E-state index >= 15 is 0 Å². The number of hydrazone groups is 1. The Morgan fingerprint density at radius 1 is 1.08 bits per heavy atom. The van der Waals surface area contributed by atoms with Gasteiger partial charge in [-0.05, 0) is 79.0 Å². The van der Waals surface area contributed by atoms with Crippen LogP contribution in [0.1, 0.15) is 79.3 Å². The number of nitrogens with one attached hydrogen (secondary N) is 1. The summed E-state index contributed by atoms with van der Waals surface area (Å²) >= 11 is 0. The lowest BCUT2D eigenvalue weighted by Crippen LogP contribution is -2.44. The zero-order chi connectivity index (χ0) is 24.5. The van der Waals surface area contributed by atoms with Crippen molar-refractivity contribution in [2.45, 2.75) is 69.9 Å². The fourth-order valence-electron chi connectivity index (χ4n) is 6.69. The lowest BCUT2D eigenvalue weighted by atomic mass is 9.83. The van der Waals surface area contributed by atoms with Gasteiger partial charge in [0.25, 0.3) is 5.91 Å². The normalized spacial score (nSPS) is 20.5. The second kappa shape index (κ2) is 10.1. The highest BCUT2D eigenvalue weighted by Crippen LogP contribution is 2.44. The van der Waals surface area contributed by atoms with Crippen LogP contribution in [0.25, 0.3) is 10.9 Å². The SMILES string of the molecule is COc1cccc(/C=N\NC(=O)CN2CCn3c4c(c5cc(C6CCCCC6)ccc53)CCC[C@H]42)c1. The van der Waals surface area contributed by atoms with E-state index in [1.54, 1.807) is 13.3 Å². The molecule has 1 atom stereocenters. The van der Waals surface area contributed by atoms with E-state index in [2.05, 4.69) is 38.2 Å². The highest BCUT2D eigenvalue weighted by atomic mass is 16.5. The van der Waals surface area contributed by atoms with E-state index in [0.717, 1.165) is 43.2 Å². The van der Waals surface area contributed by atoms with Crippen LogP contribution in [0.2, 0.25) is 0 Å². The third-order valence-corrected chi connectivity index (χ3v) is 8.43. The molecule has 0 spiro atoms. The molecule has 2 aromatic carbocycles. The topological polar surface area (TPSA) is 58.9 Å². The van der Waals surface area contributed by atoms with Gasteiger partial charge in [-0.15, -0.1) is 0 Å². The number of hydrogen-bond acceptors (Lipinski definition) is 4. The number of aryl methyl sites for hydroxylation is 1. The first-order chi connectivity index (χ1) is 17.7. The molecule has 0 bridgehead atoms. The highest BCUT2D eigenvalue weighted by molar-refractivity contribution is 5.87. The van der Waals surface area contributed by atoms with Crippen molar-refractivity contribution in [2.24, 2.45) is 5.10 Å². The Bertz CT molecular complexity index is 1290. The van der Waals surface area contributed by atoms with Crippen molar-refractivity contribution in [3.05, 3.63) is 64.8 Å². The highest BCUT2D eigenvalue weighted by Gasteiger charge is 2.35. The molecular weight excluding hydrogens is 448 g/mol. The fraction of sp³-hybridized carbons (Fsp3) is 0.467. The van der Waals surface area contributed by atoms with Crippen LogP contribution in [0.3, 0.4) is 0 Å². The number of methoxy groups -OCH3 is 1. The van der Waals surface area contributed by atoms with Crippen LogP contribution in [-0.2, 0) is 17.8 Å². The Hall–Kier alpha value is -3.12. The van der Waals surface area contributed by atoms with Crippen molar-refractivity contribution < 1.29 is 9.53 Å². The number of amides is 1. The van der Waals surface area contributed by atoms with E-state index in [9.17, 15) is 4.79 Å². The van der Waals surface area contributed by atoms with Crippen LogP contribution < -0.4 is 10.2 Å². The molecule has 0 saturated heterocycles. The minimum absolute atomic E-state index is 0.0644. The maximum atomic E-state index is 12.8. The van der Waals surface area contributed by atoms with Crippen LogP contribution in [0.4, 0.5) is 0 Å². The molecule has 1 amide bonds. The fourth-order valence-corrected chi connectivity index (χ4v) is 6.69. The summed E-state index contributed by atoms with van der Waals surface area (Å²) in [6, 6.07) is 15.2. The molecule has 6 nitrogen and oxygen atoms in total. The maximum Gasteiger partial charge on any atom is 0.254 e. The van der Waals surface area contributed by atoms with Crippen molar-refractivity contribution in [3.63, 3.8) is 0 Å². The molecule has 1 fully saturated rings. The summed E-state index contributed by atoms with van der Waals surface area (Å²) in [5.41, 5.74) is 9.52. The van der Waals surface area contributed by atoms with Gasteiger partial charge in [0.2, 0.25) is 0 Å². The van der Waals surface area contributed by atoms with E-state index in [1.807, 2.05) is 24.3 Å². The van der Waals surface area contributed by atoms with E-state index in [4.69, 9.17) is 4.74 Å². The Kier molecular flexibility index (Phi) is 6.53. The van der Waals surface area contributed by atoms with Crippen LogP contribution >= 0.6 is 0 Å². The quantitative estimate of drug-likeness (QED) is 0.369.